The van der Waals surface area contributed by atoms with Crippen LogP contribution in [0.2, 0.25) is 5.02 Å². The highest BCUT2D eigenvalue weighted by atomic mass is 35.5. The number of para-hydroxylation sites is 1. The highest BCUT2D eigenvalue weighted by molar-refractivity contribution is 6.32. The Morgan fingerprint density at radius 1 is 1.06 bits per heavy atom. The van der Waals surface area contributed by atoms with E-state index in [2.05, 4.69) is 0 Å². The van der Waals surface area contributed by atoms with Gasteiger partial charge in [-0.15, -0.1) is 0 Å². The van der Waals surface area contributed by atoms with E-state index in [1.165, 1.54) is 0 Å². The molecular formula is C14H14ClNO. The highest BCUT2D eigenvalue weighted by Gasteiger charge is 2.07. The molecule has 0 bridgehead atoms. The lowest BCUT2D eigenvalue weighted by Crippen LogP contribution is -1.95. The number of anilines is 1. The van der Waals surface area contributed by atoms with Gasteiger partial charge in [-0.25, -0.2) is 0 Å². The zero-order chi connectivity index (χ0) is 12.4. The molecule has 0 saturated heterocycles. The molecule has 0 aliphatic heterocycles. The summed E-state index contributed by atoms with van der Waals surface area (Å²) in [4.78, 5) is 0. The van der Waals surface area contributed by atoms with Crippen molar-refractivity contribution in [1.29, 1.82) is 0 Å². The van der Waals surface area contributed by atoms with Crippen molar-refractivity contribution < 1.29 is 4.74 Å². The van der Waals surface area contributed by atoms with Crippen LogP contribution in [-0.2, 0) is 0 Å². The predicted molar refractivity (Wildman–Crippen MR) is 71.9 cm³/mol. The van der Waals surface area contributed by atoms with Crippen molar-refractivity contribution in [1.82, 2.24) is 0 Å². The summed E-state index contributed by atoms with van der Waals surface area (Å²) in [5.74, 6) is 1.27. The lowest BCUT2D eigenvalue weighted by atomic mass is 10.2. The van der Waals surface area contributed by atoms with E-state index in [4.69, 9.17) is 22.1 Å². The van der Waals surface area contributed by atoms with Gasteiger partial charge in [-0.3, -0.25) is 0 Å². The Kier molecular flexibility index (Phi) is 3.25. The molecule has 2 aromatic rings. The molecule has 3 heteroatoms. The Hall–Kier alpha value is -1.67. The summed E-state index contributed by atoms with van der Waals surface area (Å²) in [5.41, 5.74) is 8.68. The molecule has 0 unspecified atom stereocenters. The topological polar surface area (TPSA) is 35.2 Å². The van der Waals surface area contributed by atoms with Crippen molar-refractivity contribution in [2.45, 2.75) is 13.8 Å². The van der Waals surface area contributed by atoms with Crippen LogP contribution in [0.25, 0.3) is 0 Å². The van der Waals surface area contributed by atoms with E-state index >= 15 is 0 Å². The first-order valence-electron chi connectivity index (χ1n) is 5.37. The summed E-state index contributed by atoms with van der Waals surface area (Å²) in [7, 11) is 0. The molecule has 0 fully saturated rings. The van der Waals surface area contributed by atoms with Crippen molar-refractivity contribution in [2.24, 2.45) is 0 Å². The number of aryl methyl sites for hydroxylation is 2. The first-order chi connectivity index (χ1) is 8.08. The molecule has 2 nitrogen and oxygen atoms in total. The number of hydrogen-bond donors (Lipinski definition) is 1. The molecule has 0 heterocycles. The van der Waals surface area contributed by atoms with E-state index in [0.29, 0.717) is 22.2 Å². The van der Waals surface area contributed by atoms with Gasteiger partial charge in [-0.2, -0.15) is 0 Å². The second kappa shape index (κ2) is 4.68. The molecule has 0 aliphatic rings. The van der Waals surface area contributed by atoms with Crippen molar-refractivity contribution in [3.05, 3.63) is 52.5 Å². The van der Waals surface area contributed by atoms with Gasteiger partial charge in [-0.05, 0) is 43.2 Å². The molecule has 0 spiro atoms. The van der Waals surface area contributed by atoms with Gasteiger partial charge in [-0.1, -0.05) is 29.8 Å². The average Bonchev–Trinajstić information content (AvgIpc) is 2.30. The van der Waals surface area contributed by atoms with Crippen LogP contribution in [0.1, 0.15) is 11.1 Å². The van der Waals surface area contributed by atoms with Crippen LogP contribution in [-0.4, -0.2) is 0 Å². The lowest BCUT2D eigenvalue weighted by molar-refractivity contribution is 0.484. The summed E-state index contributed by atoms with van der Waals surface area (Å²) in [6.07, 6.45) is 0. The normalized spacial score (nSPS) is 10.3. The van der Waals surface area contributed by atoms with Gasteiger partial charge in [0.25, 0.3) is 0 Å². The van der Waals surface area contributed by atoms with Gasteiger partial charge < -0.3 is 10.5 Å². The van der Waals surface area contributed by atoms with Crippen molar-refractivity contribution >= 4 is 17.3 Å². The summed E-state index contributed by atoms with van der Waals surface area (Å²) >= 11 is 6.07. The van der Waals surface area contributed by atoms with Gasteiger partial charge in [0, 0.05) is 0 Å². The van der Waals surface area contributed by atoms with Crippen molar-refractivity contribution in [3.63, 3.8) is 0 Å². The Bertz CT molecular complexity index is 552. The zero-order valence-corrected chi connectivity index (χ0v) is 10.6. The third-order valence-electron chi connectivity index (χ3n) is 2.59. The van der Waals surface area contributed by atoms with Crippen LogP contribution in [0.4, 0.5) is 5.69 Å². The summed E-state index contributed by atoms with van der Waals surface area (Å²) < 4.78 is 5.74. The second-order valence-corrected chi connectivity index (χ2v) is 4.43. The number of nitrogen functional groups attached to an aromatic ring is 1. The molecule has 2 rings (SSSR count). The summed E-state index contributed by atoms with van der Waals surface area (Å²) in [6.45, 7) is 3.93. The molecule has 2 aromatic carbocycles. The number of ether oxygens (including phenoxy) is 1. The summed E-state index contributed by atoms with van der Waals surface area (Å²) in [5, 5.41) is 0.580. The van der Waals surface area contributed by atoms with Crippen LogP contribution < -0.4 is 10.5 Å². The minimum atomic E-state index is 0.580. The van der Waals surface area contributed by atoms with Crippen molar-refractivity contribution in [2.75, 3.05) is 5.73 Å². The fourth-order valence-electron chi connectivity index (χ4n) is 1.55. The van der Waals surface area contributed by atoms with Gasteiger partial charge >= 0.3 is 0 Å². The Labute approximate surface area is 106 Å². The number of halogens is 1. The molecule has 0 radical (unpaired) electrons. The molecular weight excluding hydrogens is 234 g/mol. The maximum atomic E-state index is 6.07. The van der Waals surface area contributed by atoms with Crippen molar-refractivity contribution in [3.8, 4) is 11.5 Å². The van der Waals surface area contributed by atoms with E-state index < -0.39 is 0 Å². The number of rotatable bonds is 2. The van der Waals surface area contributed by atoms with Gasteiger partial charge in [0.05, 0.1) is 10.7 Å². The Morgan fingerprint density at radius 2 is 1.82 bits per heavy atom. The van der Waals surface area contributed by atoms with Gasteiger partial charge in [0.15, 0.2) is 5.75 Å². The average molecular weight is 248 g/mol. The van der Waals surface area contributed by atoms with Crippen LogP contribution in [0.3, 0.4) is 0 Å². The van der Waals surface area contributed by atoms with Crippen LogP contribution in [0.5, 0.6) is 11.5 Å². The largest absolute Gasteiger partial charge is 0.454 e. The summed E-state index contributed by atoms with van der Waals surface area (Å²) in [6, 6.07) is 11.3. The van der Waals surface area contributed by atoms with E-state index in [0.717, 1.165) is 11.1 Å². The van der Waals surface area contributed by atoms with Gasteiger partial charge in [0.2, 0.25) is 0 Å². The van der Waals surface area contributed by atoms with Gasteiger partial charge in [0.1, 0.15) is 5.75 Å². The zero-order valence-electron chi connectivity index (χ0n) is 9.83. The molecule has 2 N–H and O–H groups in total. The smallest absolute Gasteiger partial charge is 0.150 e. The molecule has 17 heavy (non-hydrogen) atoms. The monoisotopic (exact) mass is 247 g/mol. The molecule has 0 atom stereocenters. The minimum absolute atomic E-state index is 0.580. The quantitative estimate of drug-likeness (QED) is 0.802. The Balaban J connectivity index is 2.38. The third-order valence-corrected chi connectivity index (χ3v) is 2.90. The number of hydrogen-bond acceptors (Lipinski definition) is 2. The fraction of sp³-hybridized carbons (Fsp3) is 0.143. The predicted octanol–water partition coefficient (Wildman–Crippen LogP) is 4.33. The number of nitrogens with two attached hydrogens (primary N) is 1. The second-order valence-electron chi connectivity index (χ2n) is 4.02. The molecule has 0 saturated carbocycles. The lowest BCUT2D eigenvalue weighted by Gasteiger charge is -2.11. The first kappa shape index (κ1) is 11.8. The maximum Gasteiger partial charge on any atom is 0.150 e. The molecule has 88 valence electrons. The molecule has 0 aliphatic carbocycles. The van der Waals surface area contributed by atoms with E-state index in [1.54, 1.807) is 0 Å². The molecule has 0 aromatic heterocycles. The highest BCUT2D eigenvalue weighted by Crippen LogP contribution is 2.34. The van der Waals surface area contributed by atoms with Crippen LogP contribution >= 0.6 is 11.6 Å². The third kappa shape index (κ3) is 2.53. The number of benzene rings is 2. The standard InChI is InChI=1S/C14H14ClNO/c1-9-6-7-11(15)13(8-9)17-12-5-3-4-10(2)14(12)16/h3-8H,16H2,1-2H3. The van der Waals surface area contributed by atoms with E-state index in [-0.39, 0.29) is 0 Å². The molecule has 0 amide bonds. The Morgan fingerprint density at radius 3 is 2.59 bits per heavy atom. The fourth-order valence-corrected chi connectivity index (χ4v) is 1.71. The minimum Gasteiger partial charge on any atom is -0.454 e. The SMILES string of the molecule is Cc1ccc(Cl)c(Oc2cccc(C)c2N)c1. The van der Waals surface area contributed by atoms with Crippen LogP contribution in [0.15, 0.2) is 36.4 Å². The first-order valence-corrected chi connectivity index (χ1v) is 5.75. The van der Waals surface area contributed by atoms with Crippen LogP contribution in [0, 0.1) is 13.8 Å². The van der Waals surface area contributed by atoms with E-state index in [1.807, 2.05) is 50.2 Å². The maximum absolute atomic E-state index is 6.07. The van der Waals surface area contributed by atoms with E-state index in [9.17, 15) is 0 Å².